The van der Waals surface area contributed by atoms with Gasteiger partial charge in [0.2, 0.25) is 5.95 Å². The van der Waals surface area contributed by atoms with Gasteiger partial charge in [-0.05, 0) is 46.1 Å². The monoisotopic (exact) mass is 412 g/mol. The lowest BCUT2D eigenvalue weighted by Gasteiger charge is -2.12. The van der Waals surface area contributed by atoms with Crippen molar-refractivity contribution < 1.29 is 22.7 Å². The number of aryl methyl sites for hydroxylation is 1. The van der Waals surface area contributed by atoms with E-state index in [1.165, 1.54) is 12.1 Å². The van der Waals surface area contributed by atoms with Crippen LogP contribution >= 0.6 is 0 Å². The van der Waals surface area contributed by atoms with E-state index in [4.69, 9.17) is 0 Å². The van der Waals surface area contributed by atoms with Gasteiger partial charge in [-0.1, -0.05) is 6.07 Å². The van der Waals surface area contributed by atoms with Gasteiger partial charge in [0.05, 0.1) is 0 Å². The fraction of sp³-hybridized carbons (Fsp3) is 0.389. The highest BCUT2D eigenvalue weighted by Crippen LogP contribution is 2.25. The number of carbonyl (C=O) groups excluding carboxylic acids is 1. The Morgan fingerprint density at radius 2 is 1.93 bits per heavy atom. The van der Waals surface area contributed by atoms with Gasteiger partial charge >= 0.3 is 12.4 Å². The van der Waals surface area contributed by atoms with E-state index in [0.29, 0.717) is 18.1 Å². The number of hydrogen-bond acceptors (Lipinski definition) is 6. The SMILES string of the molecule is Cc1cc(NCCCN(C)C)nc(NC(=O)Nc2cccc(OC(F)(F)F)c2)n1. The van der Waals surface area contributed by atoms with E-state index in [1.54, 1.807) is 13.0 Å². The van der Waals surface area contributed by atoms with Gasteiger partial charge < -0.3 is 20.3 Å². The van der Waals surface area contributed by atoms with Crippen LogP contribution in [0.5, 0.6) is 5.75 Å². The molecule has 1 heterocycles. The van der Waals surface area contributed by atoms with Crippen LogP contribution in [0.1, 0.15) is 12.1 Å². The molecule has 2 amide bonds. The summed E-state index contributed by atoms with van der Waals surface area (Å²) in [7, 11) is 3.97. The molecular formula is C18H23F3N6O2. The Balaban J connectivity index is 1.95. The zero-order valence-electron chi connectivity index (χ0n) is 16.3. The summed E-state index contributed by atoms with van der Waals surface area (Å²) in [4.78, 5) is 22.6. The molecule has 0 atom stereocenters. The minimum absolute atomic E-state index is 0.0697. The number of ether oxygens (including phenoxy) is 1. The highest BCUT2D eigenvalue weighted by Gasteiger charge is 2.31. The molecule has 0 fully saturated rings. The maximum atomic E-state index is 12.3. The van der Waals surface area contributed by atoms with Crippen molar-refractivity contribution in [2.45, 2.75) is 19.7 Å². The van der Waals surface area contributed by atoms with Gasteiger partial charge in [0.15, 0.2) is 0 Å². The van der Waals surface area contributed by atoms with Gasteiger partial charge in [-0.3, -0.25) is 5.32 Å². The predicted octanol–water partition coefficient (Wildman–Crippen LogP) is 3.69. The molecule has 0 unspecified atom stereocenters. The first-order valence-corrected chi connectivity index (χ1v) is 8.79. The summed E-state index contributed by atoms with van der Waals surface area (Å²) >= 11 is 0. The van der Waals surface area contributed by atoms with Crippen molar-refractivity contribution in [1.82, 2.24) is 14.9 Å². The highest BCUT2D eigenvalue weighted by molar-refractivity contribution is 5.98. The number of anilines is 3. The van der Waals surface area contributed by atoms with E-state index < -0.39 is 18.1 Å². The molecule has 8 nitrogen and oxygen atoms in total. The first-order chi connectivity index (χ1) is 13.6. The van der Waals surface area contributed by atoms with Crippen molar-refractivity contribution in [2.75, 3.05) is 43.1 Å². The molecule has 0 aliphatic heterocycles. The largest absolute Gasteiger partial charge is 0.573 e. The van der Waals surface area contributed by atoms with E-state index in [2.05, 4.69) is 35.6 Å². The van der Waals surface area contributed by atoms with Crippen LogP contribution < -0.4 is 20.7 Å². The predicted molar refractivity (Wildman–Crippen MR) is 104 cm³/mol. The number of urea groups is 1. The molecule has 1 aromatic heterocycles. The van der Waals surface area contributed by atoms with E-state index in [9.17, 15) is 18.0 Å². The van der Waals surface area contributed by atoms with Gasteiger partial charge in [-0.2, -0.15) is 4.98 Å². The number of alkyl halides is 3. The maximum Gasteiger partial charge on any atom is 0.573 e. The summed E-state index contributed by atoms with van der Waals surface area (Å²) in [6.07, 6.45) is -3.90. The number of amides is 2. The van der Waals surface area contributed by atoms with Crippen LogP contribution in [0, 0.1) is 6.92 Å². The number of nitrogens with one attached hydrogen (secondary N) is 3. The molecule has 29 heavy (non-hydrogen) atoms. The average Bonchev–Trinajstić information content (AvgIpc) is 2.56. The van der Waals surface area contributed by atoms with Crippen LogP contribution in [0.15, 0.2) is 30.3 Å². The fourth-order valence-electron chi connectivity index (χ4n) is 2.36. The first kappa shape index (κ1) is 22.2. The van der Waals surface area contributed by atoms with Crippen LogP contribution in [-0.2, 0) is 0 Å². The van der Waals surface area contributed by atoms with E-state index in [-0.39, 0.29) is 11.6 Å². The summed E-state index contributed by atoms with van der Waals surface area (Å²) in [6, 6.07) is 6.00. The second kappa shape index (κ2) is 9.92. The number of rotatable bonds is 8. The summed E-state index contributed by atoms with van der Waals surface area (Å²) in [5.74, 6) is 0.193. The lowest BCUT2D eigenvalue weighted by Crippen LogP contribution is -2.22. The second-order valence-electron chi connectivity index (χ2n) is 6.46. The summed E-state index contributed by atoms with van der Waals surface area (Å²) in [6.45, 7) is 3.38. The van der Waals surface area contributed by atoms with Crippen LogP contribution in [0.2, 0.25) is 0 Å². The average molecular weight is 412 g/mol. The highest BCUT2D eigenvalue weighted by atomic mass is 19.4. The molecule has 1 aromatic carbocycles. The Kier molecular flexibility index (Phi) is 7.59. The number of hydrogen-bond donors (Lipinski definition) is 3. The zero-order chi connectivity index (χ0) is 21.4. The van der Waals surface area contributed by atoms with Crippen LogP contribution in [-0.4, -0.2) is 54.4 Å². The van der Waals surface area contributed by atoms with Crippen molar-refractivity contribution in [1.29, 1.82) is 0 Å². The molecule has 158 valence electrons. The van der Waals surface area contributed by atoms with Crippen molar-refractivity contribution in [3.8, 4) is 5.75 Å². The van der Waals surface area contributed by atoms with Crippen molar-refractivity contribution in [2.24, 2.45) is 0 Å². The lowest BCUT2D eigenvalue weighted by atomic mass is 10.3. The standard InChI is InChI=1S/C18H23F3N6O2/c1-12-10-15(22-8-5-9-27(2)3)25-16(23-12)26-17(28)24-13-6-4-7-14(11-13)29-18(19,20)21/h4,6-7,10-11H,5,8-9H2,1-3H3,(H3,22,23,24,25,26,28). The second-order valence-corrected chi connectivity index (χ2v) is 6.46. The van der Waals surface area contributed by atoms with Crippen molar-refractivity contribution in [3.05, 3.63) is 36.0 Å². The molecule has 0 saturated carbocycles. The molecule has 3 N–H and O–H groups in total. The molecule has 2 rings (SSSR count). The summed E-state index contributed by atoms with van der Waals surface area (Å²) < 4.78 is 40.7. The third-order valence-corrected chi connectivity index (χ3v) is 3.49. The van der Waals surface area contributed by atoms with E-state index >= 15 is 0 Å². The molecule has 11 heteroatoms. The quantitative estimate of drug-likeness (QED) is 0.573. The smallest absolute Gasteiger partial charge is 0.406 e. The van der Waals surface area contributed by atoms with Gasteiger partial charge in [-0.25, -0.2) is 9.78 Å². The van der Waals surface area contributed by atoms with Gasteiger partial charge in [0.1, 0.15) is 11.6 Å². The Morgan fingerprint density at radius 1 is 1.17 bits per heavy atom. The molecular weight excluding hydrogens is 389 g/mol. The van der Waals surface area contributed by atoms with Crippen LogP contribution in [0.25, 0.3) is 0 Å². The molecule has 0 aliphatic carbocycles. The van der Waals surface area contributed by atoms with Crippen molar-refractivity contribution >= 4 is 23.5 Å². The number of carbonyl (C=O) groups is 1. The normalized spacial score (nSPS) is 11.3. The molecule has 0 radical (unpaired) electrons. The molecule has 0 saturated heterocycles. The third-order valence-electron chi connectivity index (χ3n) is 3.49. The van der Waals surface area contributed by atoms with E-state index in [0.717, 1.165) is 25.1 Å². The maximum absolute atomic E-state index is 12.3. The Hall–Kier alpha value is -3.08. The number of nitrogens with zero attached hydrogens (tertiary/aromatic N) is 3. The third kappa shape index (κ3) is 8.64. The Bertz CT molecular complexity index is 829. The summed E-state index contributed by atoms with van der Waals surface area (Å²) in [5.41, 5.74) is 0.768. The number of aromatic nitrogens is 2. The fourth-order valence-corrected chi connectivity index (χ4v) is 2.36. The topological polar surface area (TPSA) is 91.4 Å². The zero-order valence-corrected chi connectivity index (χ0v) is 16.3. The lowest BCUT2D eigenvalue weighted by molar-refractivity contribution is -0.274. The Labute approximate surface area is 166 Å². The molecule has 0 bridgehead atoms. The van der Waals surface area contributed by atoms with Crippen LogP contribution in [0.3, 0.4) is 0 Å². The number of halogens is 3. The summed E-state index contributed by atoms with van der Waals surface area (Å²) in [5, 5.41) is 8.04. The molecule has 0 aliphatic rings. The minimum Gasteiger partial charge on any atom is -0.406 e. The first-order valence-electron chi connectivity index (χ1n) is 8.79. The van der Waals surface area contributed by atoms with Gasteiger partial charge in [0.25, 0.3) is 0 Å². The van der Waals surface area contributed by atoms with Crippen LogP contribution in [0.4, 0.5) is 35.4 Å². The van der Waals surface area contributed by atoms with E-state index in [1.807, 2.05) is 14.1 Å². The number of benzene rings is 1. The molecule has 0 spiro atoms. The van der Waals surface area contributed by atoms with Crippen molar-refractivity contribution in [3.63, 3.8) is 0 Å². The molecule has 2 aromatic rings. The van der Waals surface area contributed by atoms with Gasteiger partial charge in [0, 0.05) is 30.1 Å². The minimum atomic E-state index is -4.81. The Morgan fingerprint density at radius 3 is 2.62 bits per heavy atom. The van der Waals surface area contributed by atoms with Gasteiger partial charge in [-0.15, -0.1) is 13.2 Å².